The summed E-state index contributed by atoms with van der Waals surface area (Å²) in [6.45, 7) is 0. The second-order valence-corrected chi connectivity index (χ2v) is 10.9. The van der Waals surface area contributed by atoms with E-state index in [1.54, 1.807) is 7.11 Å². The molecule has 1 aromatic carbocycles. The Morgan fingerprint density at radius 2 is 1.61 bits per heavy atom. The molecular formula is C26H36N2O3. The minimum atomic E-state index is -0.275. The smallest absolute Gasteiger partial charge is 0.224 e. The second kappa shape index (κ2) is 8.14. The van der Waals surface area contributed by atoms with Crippen molar-refractivity contribution in [2.75, 3.05) is 12.4 Å². The number of ether oxygens (including phenoxy) is 1. The molecule has 0 radical (unpaired) electrons. The standard InChI is InChI=1S/C26H36N2O3/c1-31-21-6-4-20(5-7-21)28-22(29)15-26(8-2-3-9-26)24(25(27)30)23-18-11-16-10-17(13-18)14-19(23)12-16/h4-7,16-19,23-24H,2-3,8-15H2,1H3,(H2,27,30)(H,28,29). The first-order valence-corrected chi connectivity index (χ1v) is 12.2. The van der Waals surface area contributed by atoms with E-state index in [0.717, 1.165) is 49.0 Å². The van der Waals surface area contributed by atoms with Crippen molar-refractivity contribution in [3.63, 3.8) is 0 Å². The van der Waals surface area contributed by atoms with Crippen molar-refractivity contribution in [1.82, 2.24) is 0 Å². The molecule has 0 saturated heterocycles. The van der Waals surface area contributed by atoms with E-state index in [2.05, 4.69) is 5.32 Å². The highest BCUT2D eigenvalue weighted by atomic mass is 16.5. The van der Waals surface area contributed by atoms with Crippen molar-refractivity contribution < 1.29 is 14.3 Å². The molecule has 5 nitrogen and oxygen atoms in total. The zero-order valence-corrected chi connectivity index (χ0v) is 18.6. The van der Waals surface area contributed by atoms with Crippen molar-refractivity contribution in [1.29, 1.82) is 0 Å². The predicted molar refractivity (Wildman–Crippen MR) is 120 cm³/mol. The van der Waals surface area contributed by atoms with Crippen LogP contribution in [0.15, 0.2) is 24.3 Å². The second-order valence-electron chi connectivity index (χ2n) is 10.9. The fraction of sp³-hybridized carbons (Fsp3) is 0.692. The zero-order chi connectivity index (χ0) is 21.6. The Bertz CT molecular complexity index is 800. The predicted octanol–water partition coefficient (Wildman–Crippen LogP) is 4.76. The number of methoxy groups -OCH3 is 1. The number of nitrogens with one attached hydrogen (secondary N) is 1. The summed E-state index contributed by atoms with van der Waals surface area (Å²) in [6.07, 6.45) is 11.0. The van der Waals surface area contributed by atoms with Crippen molar-refractivity contribution >= 4 is 17.5 Å². The lowest BCUT2D eigenvalue weighted by molar-refractivity contribution is -0.144. The average Bonchev–Trinajstić information content (AvgIpc) is 3.19. The summed E-state index contributed by atoms with van der Waals surface area (Å²) in [4.78, 5) is 26.2. The van der Waals surface area contributed by atoms with Gasteiger partial charge in [-0.2, -0.15) is 0 Å². The van der Waals surface area contributed by atoms with Crippen molar-refractivity contribution in [2.24, 2.45) is 46.7 Å². The number of hydrogen-bond donors (Lipinski definition) is 2. The molecule has 4 bridgehead atoms. The van der Waals surface area contributed by atoms with E-state index in [4.69, 9.17) is 10.5 Å². The molecule has 5 fully saturated rings. The van der Waals surface area contributed by atoms with Crippen molar-refractivity contribution in [2.45, 2.75) is 64.2 Å². The molecule has 0 aromatic heterocycles. The lowest BCUT2D eigenvalue weighted by Gasteiger charge is -2.58. The molecule has 1 unspecified atom stereocenters. The van der Waals surface area contributed by atoms with Crippen LogP contribution in [0.2, 0.25) is 0 Å². The summed E-state index contributed by atoms with van der Waals surface area (Å²) in [6, 6.07) is 7.42. The number of hydrogen-bond acceptors (Lipinski definition) is 3. The highest BCUT2D eigenvalue weighted by Crippen LogP contribution is 2.62. The van der Waals surface area contributed by atoms with Gasteiger partial charge in [0.25, 0.3) is 0 Å². The van der Waals surface area contributed by atoms with Gasteiger partial charge in [0, 0.05) is 18.0 Å². The van der Waals surface area contributed by atoms with E-state index in [0.29, 0.717) is 24.2 Å². The number of carbonyl (C=O) groups is 2. The molecule has 0 heterocycles. The van der Waals surface area contributed by atoms with Gasteiger partial charge in [0.15, 0.2) is 0 Å². The highest BCUT2D eigenvalue weighted by Gasteiger charge is 2.57. The quantitative estimate of drug-likeness (QED) is 0.662. The SMILES string of the molecule is COc1ccc(NC(=O)CC2(C(C(N)=O)C3C4CC5CC(C4)CC3C5)CCCC2)cc1. The maximum atomic E-state index is 13.1. The van der Waals surface area contributed by atoms with E-state index in [9.17, 15) is 9.59 Å². The van der Waals surface area contributed by atoms with Gasteiger partial charge in [0.05, 0.1) is 7.11 Å². The number of nitrogens with two attached hydrogens (primary N) is 1. The van der Waals surface area contributed by atoms with Gasteiger partial charge in [-0.1, -0.05) is 12.8 Å². The monoisotopic (exact) mass is 424 g/mol. The fourth-order valence-electron chi connectivity index (χ4n) is 8.29. The van der Waals surface area contributed by atoms with E-state index in [1.165, 1.54) is 32.1 Å². The van der Waals surface area contributed by atoms with Gasteiger partial charge >= 0.3 is 0 Å². The lowest BCUT2D eigenvalue weighted by atomic mass is 9.46. The number of carbonyl (C=O) groups excluding carboxylic acids is 2. The van der Waals surface area contributed by atoms with Crippen molar-refractivity contribution in [3.05, 3.63) is 24.3 Å². The van der Waals surface area contributed by atoms with Crippen LogP contribution in [0.3, 0.4) is 0 Å². The molecule has 6 rings (SSSR count). The molecule has 1 aromatic rings. The summed E-state index contributed by atoms with van der Waals surface area (Å²) in [7, 11) is 1.63. The number of primary amides is 1. The number of rotatable bonds is 7. The molecule has 0 spiro atoms. The van der Waals surface area contributed by atoms with E-state index in [1.807, 2.05) is 24.3 Å². The van der Waals surface area contributed by atoms with Gasteiger partial charge in [-0.25, -0.2) is 0 Å². The number of amides is 2. The molecule has 5 saturated carbocycles. The van der Waals surface area contributed by atoms with Gasteiger partial charge in [-0.05, 0) is 104 Å². The molecule has 5 heteroatoms. The Hall–Kier alpha value is -2.04. The fourth-order valence-corrected chi connectivity index (χ4v) is 8.29. The molecule has 2 amide bonds. The Morgan fingerprint density at radius 3 is 2.13 bits per heavy atom. The van der Waals surface area contributed by atoms with Crippen LogP contribution in [-0.2, 0) is 9.59 Å². The third kappa shape index (κ3) is 3.85. The Labute approximate surface area is 185 Å². The van der Waals surface area contributed by atoms with E-state index < -0.39 is 0 Å². The van der Waals surface area contributed by atoms with Crippen LogP contribution in [0.5, 0.6) is 5.75 Å². The highest BCUT2D eigenvalue weighted by molar-refractivity contribution is 5.92. The summed E-state index contributed by atoms with van der Waals surface area (Å²) < 4.78 is 5.21. The Morgan fingerprint density at radius 1 is 1.03 bits per heavy atom. The van der Waals surface area contributed by atoms with Gasteiger partial charge in [0.1, 0.15) is 5.75 Å². The Balaban J connectivity index is 1.37. The molecule has 168 valence electrons. The van der Waals surface area contributed by atoms with E-state index >= 15 is 0 Å². The number of benzene rings is 1. The molecule has 1 atom stereocenters. The largest absolute Gasteiger partial charge is 0.497 e. The molecule has 5 aliphatic carbocycles. The van der Waals surface area contributed by atoms with Crippen molar-refractivity contribution in [3.8, 4) is 5.75 Å². The van der Waals surface area contributed by atoms with Crippen LogP contribution in [-0.4, -0.2) is 18.9 Å². The topological polar surface area (TPSA) is 81.4 Å². The van der Waals surface area contributed by atoms with Gasteiger partial charge in [0.2, 0.25) is 11.8 Å². The molecule has 5 aliphatic rings. The summed E-state index contributed by atoms with van der Waals surface area (Å²) in [5.41, 5.74) is 6.65. The van der Waals surface area contributed by atoms with Crippen LogP contribution in [0, 0.1) is 40.9 Å². The first-order valence-electron chi connectivity index (χ1n) is 12.2. The van der Waals surface area contributed by atoms with Gasteiger partial charge < -0.3 is 15.8 Å². The maximum Gasteiger partial charge on any atom is 0.224 e. The zero-order valence-electron chi connectivity index (χ0n) is 18.6. The van der Waals surface area contributed by atoms with Crippen LogP contribution in [0.1, 0.15) is 64.2 Å². The minimum absolute atomic E-state index is 0.00197. The van der Waals surface area contributed by atoms with Gasteiger partial charge in [-0.3, -0.25) is 9.59 Å². The Kier molecular flexibility index (Phi) is 5.47. The summed E-state index contributed by atoms with van der Waals surface area (Å²) in [5.74, 6) is 3.84. The van der Waals surface area contributed by atoms with Crippen LogP contribution >= 0.6 is 0 Å². The van der Waals surface area contributed by atoms with Gasteiger partial charge in [-0.15, -0.1) is 0 Å². The number of anilines is 1. The lowest BCUT2D eigenvalue weighted by Crippen LogP contribution is -2.54. The maximum absolute atomic E-state index is 13.1. The minimum Gasteiger partial charge on any atom is -0.497 e. The van der Waals surface area contributed by atoms with Crippen LogP contribution in [0.25, 0.3) is 0 Å². The first-order chi connectivity index (χ1) is 15.0. The van der Waals surface area contributed by atoms with Crippen LogP contribution in [0.4, 0.5) is 5.69 Å². The average molecular weight is 425 g/mol. The molecule has 3 N–H and O–H groups in total. The first kappa shape index (κ1) is 20.8. The third-order valence-electron chi connectivity index (χ3n) is 9.14. The molecule has 31 heavy (non-hydrogen) atoms. The molecule has 0 aliphatic heterocycles. The third-order valence-corrected chi connectivity index (χ3v) is 9.14. The normalized spacial score (nSPS) is 33.8. The van der Waals surface area contributed by atoms with E-state index in [-0.39, 0.29) is 23.1 Å². The summed E-state index contributed by atoms with van der Waals surface area (Å²) >= 11 is 0. The molecular weight excluding hydrogens is 388 g/mol. The van der Waals surface area contributed by atoms with Crippen LogP contribution < -0.4 is 15.8 Å². The summed E-state index contributed by atoms with van der Waals surface area (Å²) in [5, 5.41) is 3.06.